The molecule has 0 N–H and O–H groups in total. The van der Waals surface area contributed by atoms with Crippen LogP contribution in [0.3, 0.4) is 0 Å². The summed E-state index contributed by atoms with van der Waals surface area (Å²) in [5, 5.41) is 0. The van der Waals surface area contributed by atoms with E-state index in [0.717, 1.165) is 45.3 Å². The number of amides is 1. The van der Waals surface area contributed by atoms with Crippen LogP contribution in [-0.4, -0.2) is 72.7 Å². The zero-order valence-electron chi connectivity index (χ0n) is 18.7. The zero-order chi connectivity index (χ0) is 22.6. The van der Waals surface area contributed by atoms with Crippen molar-refractivity contribution in [2.75, 3.05) is 33.2 Å². The molecule has 4 rings (SSSR count). The minimum atomic E-state index is -3.55. The fourth-order valence-electron chi connectivity index (χ4n) is 4.61. The summed E-state index contributed by atoms with van der Waals surface area (Å²) in [6, 6.07) is 10.5. The Hall–Kier alpha value is -2.29. The molecule has 0 spiro atoms. The number of hydrogen-bond acceptors (Lipinski definition) is 5. The summed E-state index contributed by atoms with van der Waals surface area (Å²) >= 11 is 0. The number of pyridine rings is 1. The molecule has 1 saturated carbocycles. The molecule has 0 atom stereocenters. The molecule has 0 bridgehead atoms. The Morgan fingerprint density at radius 2 is 1.59 bits per heavy atom. The summed E-state index contributed by atoms with van der Waals surface area (Å²) < 4.78 is 27.6. The molecule has 1 aromatic heterocycles. The molecule has 7 nitrogen and oxygen atoms in total. The largest absolute Gasteiger partial charge is 0.336 e. The number of nitrogens with zero attached hydrogens (tertiary/aromatic N) is 4. The molecule has 1 aliphatic carbocycles. The molecule has 2 heterocycles. The topological polar surface area (TPSA) is 73.8 Å². The highest BCUT2D eigenvalue weighted by molar-refractivity contribution is 7.89. The van der Waals surface area contributed by atoms with Crippen LogP contribution in [0, 0.1) is 0 Å². The molecule has 172 valence electrons. The van der Waals surface area contributed by atoms with Crippen molar-refractivity contribution in [1.82, 2.24) is 19.1 Å². The first-order valence-corrected chi connectivity index (χ1v) is 12.9. The lowest BCUT2D eigenvalue weighted by Gasteiger charge is -2.34. The Bertz CT molecular complexity index is 997. The number of carbonyl (C=O) groups excluding carboxylic acids is 1. The summed E-state index contributed by atoms with van der Waals surface area (Å²) in [7, 11) is -1.87. The van der Waals surface area contributed by atoms with Gasteiger partial charge in [-0.1, -0.05) is 19.3 Å². The van der Waals surface area contributed by atoms with Gasteiger partial charge in [0.25, 0.3) is 5.91 Å². The van der Waals surface area contributed by atoms with E-state index in [1.807, 2.05) is 17.0 Å². The van der Waals surface area contributed by atoms with Crippen molar-refractivity contribution in [3.63, 3.8) is 0 Å². The van der Waals surface area contributed by atoms with Gasteiger partial charge < -0.3 is 4.90 Å². The minimum absolute atomic E-state index is 0.0434. The van der Waals surface area contributed by atoms with Crippen LogP contribution >= 0.6 is 0 Å². The summed E-state index contributed by atoms with van der Waals surface area (Å²) in [6.07, 6.45) is 8.76. The minimum Gasteiger partial charge on any atom is -0.336 e. The molecule has 32 heavy (non-hydrogen) atoms. The maximum atomic E-state index is 13.0. The highest BCUT2D eigenvalue weighted by atomic mass is 32.2. The highest BCUT2D eigenvalue weighted by Crippen LogP contribution is 2.26. The highest BCUT2D eigenvalue weighted by Gasteiger charge is 2.29. The fourth-order valence-corrected chi connectivity index (χ4v) is 6.03. The molecule has 2 fully saturated rings. The van der Waals surface area contributed by atoms with Gasteiger partial charge in [0.1, 0.15) is 0 Å². The molecule has 2 aromatic rings. The number of sulfonamides is 1. The van der Waals surface area contributed by atoms with E-state index in [2.05, 4.69) is 9.88 Å². The van der Waals surface area contributed by atoms with Crippen LogP contribution in [0.4, 0.5) is 0 Å². The second-order valence-corrected chi connectivity index (χ2v) is 10.8. The maximum Gasteiger partial charge on any atom is 0.253 e. The maximum absolute atomic E-state index is 13.0. The number of benzene rings is 1. The van der Waals surface area contributed by atoms with Gasteiger partial charge in [-0.15, -0.1) is 0 Å². The Balaban J connectivity index is 1.35. The van der Waals surface area contributed by atoms with E-state index >= 15 is 0 Å². The molecule has 0 radical (unpaired) electrons. The molecule has 8 heteroatoms. The van der Waals surface area contributed by atoms with Gasteiger partial charge >= 0.3 is 0 Å². The first-order chi connectivity index (χ1) is 15.4. The Kier molecular flexibility index (Phi) is 7.23. The van der Waals surface area contributed by atoms with Crippen molar-refractivity contribution in [1.29, 1.82) is 0 Å². The number of rotatable bonds is 6. The van der Waals surface area contributed by atoms with E-state index < -0.39 is 10.0 Å². The van der Waals surface area contributed by atoms with Crippen molar-refractivity contribution in [2.24, 2.45) is 0 Å². The lowest BCUT2D eigenvalue weighted by molar-refractivity contribution is 0.0628. The van der Waals surface area contributed by atoms with Gasteiger partial charge in [0.05, 0.1) is 4.90 Å². The number of carbonyl (C=O) groups is 1. The van der Waals surface area contributed by atoms with Gasteiger partial charge in [-0.3, -0.25) is 14.7 Å². The Morgan fingerprint density at radius 1 is 0.969 bits per heavy atom. The van der Waals surface area contributed by atoms with E-state index in [4.69, 9.17) is 0 Å². The van der Waals surface area contributed by atoms with Crippen LogP contribution < -0.4 is 0 Å². The van der Waals surface area contributed by atoms with Crippen LogP contribution in [0.25, 0.3) is 0 Å². The van der Waals surface area contributed by atoms with Gasteiger partial charge in [0.15, 0.2) is 0 Å². The average Bonchev–Trinajstić information content (AvgIpc) is 2.85. The summed E-state index contributed by atoms with van der Waals surface area (Å²) in [6.45, 7) is 3.80. The lowest BCUT2D eigenvalue weighted by atomic mass is 9.96. The number of piperazine rings is 1. The average molecular weight is 457 g/mol. The fraction of sp³-hybridized carbons (Fsp3) is 0.500. The molecule has 1 amide bonds. The quantitative estimate of drug-likeness (QED) is 0.668. The van der Waals surface area contributed by atoms with E-state index in [0.29, 0.717) is 18.7 Å². The van der Waals surface area contributed by atoms with Gasteiger partial charge in [-0.05, 0) is 54.8 Å². The third-order valence-electron chi connectivity index (χ3n) is 6.68. The smallest absolute Gasteiger partial charge is 0.253 e. The molecular weight excluding hydrogens is 424 g/mol. The first kappa shape index (κ1) is 22.9. The molecule has 1 aromatic carbocycles. The molecule has 2 aliphatic rings. The van der Waals surface area contributed by atoms with E-state index in [1.165, 1.54) is 16.3 Å². The normalized spacial score (nSPS) is 18.8. The molecule has 1 saturated heterocycles. The third kappa shape index (κ3) is 5.19. The Morgan fingerprint density at radius 3 is 2.22 bits per heavy atom. The van der Waals surface area contributed by atoms with Crippen molar-refractivity contribution in [2.45, 2.75) is 49.6 Å². The van der Waals surface area contributed by atoms with Gasteiger partial charge in [-0.25, -0.2) is 8.42 Å². The Labute approximate surface area is 191 Å². The van der Waals surface area contributed by atoms with Gasteiger partial charge in [0, 0.05) is 63.8 Å². The van der Waals surface area contributed by atoms with Crippen LogP contribution in [0.15, 0.2) is 53.7 Å². The lowest BCUT2D eigenvalue weighted by Crippen LogP contribution is -2.48. The SMILES string of the molecule is CN(C1CCCCC1)S(=O)(=O)c1ccc(C(=O)N2CCN(Cc3ccncc3)CC2)cc1. The standard InChI is InChI=1S/C24H32N4O3S/c1-26(22-5-3-2-4-6-22)32(30,31)23-9-7-21(8-10-23)24(29)28-17-15-27(16-18-28)19-20-11-13-25-14-12-20/h7-14,22H,2-6,15-19H2,1H3. The number of aromatic nitrogens is 1. The summed E-state index contributed by atoms with van der Waals surface area (Å²) in [5.41, 5.74) is 1.75. The molecule has 1 aliphatic heterocycles. The predicted molar refractivity (Wildman–Crippen MR) is 124 cm³/mol. The molecular formula is C24H32N4O3S. The van der Waals surface area contributed by atoms with Crippen LogP contribution in [0.5, 0.6) is 0 Å². The zero-order valence-corrected chi connectivity index (χ0v) is 19.5. The number of hydrogen-bond donors (Lipinski definition) is 0. The van der Waals surface area contributed by atoms with Crippen molar-refractivity contribution in [3.05, 3.63) is 59.9 Å². The van der Waals surface area contributed by atoms with Crippen molar-refractivity contribution >= 4 is 15.9 Å². The van der Waals surface area contributed by atoms with Gasteiger partial charge in [-0.2, -0.15) is 4.31 Å². The van der Waals surface area contributed by atoms with Gasteiger partial charge in [0.2, 0.25) is 10.0 Å². The first-order valence-electron chi connectivity index (χ1n) is 11.4. The summed E-state index contributed by atoms with van der Waals surface area (Å²) in [4.78, 5) is 21.4. The predicted octanol–water partition coefficient (Wildman–Crippen LogP) is 2.99. The van der Waals surface area contributed by atoms with Crippen molar-refractivity contribution < 1.29 is 13.2 Å². The van der Waals surface area contributed by atoms with Crippen molar-refractivity contribution in [3.8, 4) is 0 Å². The van der Waals surface area contributed by atoms with E-state index in [-0.39, 0.29) is 16.8 Å². The summed E-state index contributed by atoms with van der Waals surface area (Å²) in [5.74, 6) is -0.0434. The van der Waals surface area contributed by atoms with Crippen LogP contribution in [0.1, 0.15) is 48.0 Å². The third-order valence-corrected chi connectivity index (χ3v) is 8.61. The second kappa shape index (κ2) is 10.1. The van der Waals surface area contributed by atoms with E-state index in [1.54, 1.807) is 43.7 Å². The molecule has 0 unspecified atom stereocenters. The van der Waals surface area contributed by atoms with E-state index in [9.17, 15) is 13.2 Å². The second-order valence-electron chi connectivity index (χ2n) is 8.76. The van der Waals surface area contributed by atoms with Crippen LogP contribution in [-0.2, 0) is 16.6 Å². The monoisotopic (exact) mass is 456 g/mol. The van der Waals surface area contributed by atoms with Crippen LogP contribution in [0.2, 0.25) is 0 Å².